The summed E-state index contributed by atoms with van der Waals surface area (Å²) in [4.78, 5) is 9.27. The topological polar surface area (TPSA) is 107 Å². The number of ether oxygens (including phenoxy) is 1. The molecule has 1 aromatic carbocycles. The molecule has 172 valence electrons. The molecule has 0 aliphatic carbocycles. The summed E-state index contributed by atoms with van der Waals surface area (Å²) < 4.78 is 11.4. The van der Waals surface area contributed by atoms with Gasteiger partial charge in [0.2, 0.25) is 5.82 Å². The maximum atomic E-state index is 9.73. The van der Waals surface area contributed by atoms with Crippen molar-refractivity contribution in [1.82, 2.24) is 15.1 Å². The molecule has 7 heteroatoms. The van der Waals surface area contributed by atoms with Gasteiger partial charge in [0, 0.05) is 24.0 Å². The van der Waals surface area contributed by atoms with Gasteiger partial charge in [-0.15, -0.1) is 0 Å². The summed E-state index contributed by atoms with van der Waals surface area (Å²) in [6, 6.07) is 6.10. The van der Waals surface area contributed by atoms with Crippen molar-refractivity contribution in [3.05, 3.63) is 46.8 Å². The van der Waals surface area contributed by atoms with Crippen LogP contribution in [0.4, 0.5) is 0 Å². The Balaban J connectivity index is 1.90. The predicted molar refractivity (Wildman–Crippen MR) is 126 cm³/mol. The van der Waals surface area contributed by atoms with Gasteiger partial charge < -0.3 is 20.1 Å². The predicted octanol–water partition coefficient (Wildman–Crippen LogP) is 4.13. The first kappa shape index (κ1) is 23.9. The van der Waals surface area contributed by atoms with E-state index in [0.717, 1.165) is 53.0 Å². The molecule has 0 bridgehead atoms. The molecule has 3 N–H and O–H groups in total. The number of hydrogen-bond donors (Lipinski definition) is 2. The molecule has 0 saturated carbocycles. The van der Waals surface area contributed by atoms with Crippen molar-refractivity contribution in [1.29, 1.82) is 0 Å². The van der Waals surface area contributed by atoms with Gasteiger partial charge in [0.1, 0.15) is 18.5 Å². The van der Waals surface area contributed by atoms with Gasteiger partial charge in [-0.25, -0.2) is 0 Å². The Labute approximate surface area is 190 Å². The van der Waals surface area contributed by atoms with Crippen LogP contribution in [-0.2, 0) is 19.3 Å². The van der Waals surface area contributed by atoms with E-state index >= 15 is 0 Å². The van der Waals surface area contributed by atoms with Crippen molar-refractivity contribution in [2.75, 3.05) is 13.2 Å². The quantitative estimate of drug-likeness (QED) is 0.490. The third kappa shape index (κ3) is 5.53. The van der Waals surface area contributed by atoms with Crippen LogP contribution >= 0.6 is 0 Å². The minimum Gasteiger partial charge on any atom is -0.490 e. The van der Waals surface area contributed by atoms with Crippen LogP contribution in [0.15, 0.2) is 28.9 Å². The van der Waals surface area contributed by atoms with E-state index in [4.69, 9.17) is 15.0 Å². The maximum Gasteiger partial charge on any atom is 0.259 e. The first-order valence-electron chi connectivity index (χ1n) is 11.3. The highest BCUT2D eigenvalue weighted by molar-refractivity contribution is 5.64. The number of pyridine rings is 1. The summed E-state index contributed by atoms with van der Waals surface area (Å²) in [6.07, 6.45) is 3.75. The van der Waals surface area contributed by atoms with E-state index in [1.165, 1.54) is 5.56 Å². The zero-order valence-electron chi connectivity index (χ0n) is 19.7. The average Bonchev–Trinajstić information content (AvgIpc) is 3.27. The first-order valence-corrected chi connectivity index (χ1v) is 11.3. The molecular formula is C25H34N4O3. The molecule has 2 aromatic heterocycles. The smallest absolute Gasteiger partial charge is 0.259 e. The second-order valence-corrected chi connectivity index (χ2v) is 8.54. The minimum atomic E-state index is -0.688. The zero-order chi connectivity index (χ0) is 23.3. The molecule has 0 amide bonds. The Morgan fingerprint density at radius 1 is 1.09 bits per heavy atom. The Morgan fingerprint density at radius 3 is 2.50 bits per heavy atom. The second-order valence-electron chi connectivity index (χ2n) is 8.54. The Kier molecular flexibility index (Phi) is 7.99. The number of nitrogens with zero attached hydrogens (tertiary/aromatic N) is 3. The fourth-order valence-electron chi connectivity index (χ4n) is 3.74. The van der Waals surface area contributed by atoms with Crippen LogP contribution in [-0.4, -0.2) is 39.5 Å². The molecule has 1 unspecified atom stereocenters. The first-order chi connectivity index (χ1) is 15.4. The summed E-state index contributed by atoms with van der Waals surface area (Å²) in [5, 5.41) is 13.9. The fraction of sp³-hybridized carbons (Fsp3) is 0.480. The highest BCUT2D eigenvalue weighted by atomic mass is 16.5. The SMILES string of the molecule is CCc1cc(-c2noc(-c3cnc(CC)c(CC(C)C)c3)n2)cc(C)c1OCC(O)CN. The van der Waals surface area contributed by atoms with Crippen molar-refractivity contribution in [2.45, 2.75) is 60.0 Å². The maximum absolute atomic E-state index is 9.73. The second kappa shape index (κ2) is 10.7. The highest BCUT2D eigenvalue weighted by Gasteiger charge is 2.17. The Bertz CT molecular complexity index is 1050. The van der Waals surface area contributed by atoms with E-state index in [1.807, 2.05) is 25.3 Å². The van der Waals surface area contributed by atoms with Crippen molar-refractivity contribution in [3.8, 4) is 28.6 Å². The molecule has 0 aliphatic rings. The molecule has 3 rings (SSSR count). The van der Waals surface area contributed by atoms with Crippen LogP contribution in [0.3, 0.4) is 0 Å². The third-order valence-electron chi connectivity index (χ3n) is 5.38. The highest BCUT2D eigenvalue weighted by Crippen LogP contribution is 2.31. The largest absolute Gasteiger partial charge is 0.490 e. The Hall–Kier alpha value is -2.77. The van der Waals surface area contributed by atoms with Crippen LogP contribution in [0, 0.1) is 12.8 Å². The molecular weight excluding hydrogens is 404 g/mol. The van der Waals surface area contributed by atoms with Gasteiger partial charge in [-0.05, 0) is 67.0 Å². The van der Waals surface area contributed by atoms with Gasteiger partial charge in [0.05, 0.1) is 5.56 Å². The molecule has 0 spiro atoms. The fourth-order valence-corrected chi connectivity index (χ4v) is 3.74. The average molecular weight is 439 g/mol. The Morgan fingerprint density at radius 2 is 1.84 bits per heavy atom. The zero-order valence-corrected chi connectivity index (χ0v) is 19.7. The van der Waals surface area contributed by atoms with Crippen molar-refractivity contribution >= 4 is 0 Å². The van der Waals surface area contributed by atoms with E-state index in [2.05, 4.69) is 48.9 Å². The lowest BCUT2D eigenvalue weighted by atomic mass is 9.99. The van der Waals surface area contributed by atoms with E-state index in [-0.39, 0.29) is 13.2 Å². The summed E-state index contributed by atoms with van der Waals surface area (Å²) in [7, 11) is 0. The van der Waals surface area contributed by atoms with Crippen molar-refractivity contribution in [2.24, 2.45) is 11.7 Å². The molecule has 0 aliphatic heterocycles. The van der Waals surface area contributed by atoms with Crippen LogP contribution in [0.25, 0.3) is 22.8 Å². The summed E-state index contributed by atoms with van der Waals surface area (Å²) in [5.74, 6) is 2.29. The number of aliphatic hydroxyl groups excluding tert-OH is 1. The summed E-state index contributed by atoms with van der Waals surface area (Å²) in [6.45, 7) is 10.9. The number of nitrogens with two attached hydrogens (primary N) is 1. The standard InChI is InChI=1S/C25H34N4O3/c1-6-17-10-19(9-16(5)23(17)31-14-21(30)12-26)24-28-25(32-29-24)20-11-18(8-15(3)4)22(7-2)27-13-20/h9-11,13,15,21,30H,6-8,12,14,26H2,1-5H3. The third-order valence-corrected chi connectivity index (χ3v) is 5.38. The number of benzene rings is 1. The van der Waals surface area contributed by atoms with Gasteiger partial charge >= 0.3 is 0 Å². The molecule has 32 heavy (non-hydrogen) atoms. The van der Waals surface area contributed by atoms with Gasteiger partial charge in [0.25, 0.3) is 5.89 Å². The van der Waals surface area contributed by atoms with Crippen LogP contribution in [0.2, 0.25) is 0 Å². The minimum absolute atomic E-state index is 0.162. The van der Waals surface area contributed by atoms with Gasteiger partial charge in [-0.1, -0.05) is 32.9 Å². The van der Waals surface area contributed by atoms with Crippen LogP contribution in [0.5, 0.6) is 5.75 Å². The van der Waals surface area contributed by atoms with E-state index in [1.54, 1.807) is 0 Å². The number of hydrogen-bond acceptors (Lipinski definition) is 7. The van der Waals surface area contributed by atoms with Crippen LogP contribution < -0.4 is 10.5 Å². The number of aliphatic hydroxyl groups is 1. The molecule has 7 nitrogen and oxygen atoms in total. The van der Waals surface area contributed by atoms with E-state index in [0.29, 0.717) is 17.6 Å². The van der Waals surface area contributed by atoms with E-state index in [9.17, 15) is 5.11 Å². The lowest BCUT2D eigenvalue weighted by Gasteiger charge is -2.16. The molecule has 0 fully saturated rings. The molecule has 3 aromatic rings. The lowest BCUT2D eigenvalue weighted by molar-refractivity contribution is 0.113. The van der Waals surface area contributed by atoms with Crippen LogP contribution in [0.1, 0.15) is 50.1 Å². The number of aromatic nitrogens is 3. The molecule has 2 heterocycles. The van der Waals surface area contributed by atoms with Crippen molar-refractivity contribution in [3.63, 3.8) is 0 Å². The van der Waals surface area contributed by atoms with Crippen molar-refractivity contribution < 1.29 is 14.4 Å². The summed E-state index contributed by atoms with van der Waals surface area (Å²) in [5.41, 5.74) is 11.5. The van der Waals surface area contributed by atoms with E-state index < -0.39 is 6.10 Å². The number of rotatable bonds is 10. The monoisotopic (exact) mass is 438 g/mol. The molecule has 1 atom stereocenters. The molecule has 0 saturated heterocycles. The normalized spacial score (nSPS) is 12.4. The van der Waals surface area contributed by atoms with Gasteiger partial charge in [-0.2, -0.15) is 4.98 Å². The lowest BCUT2D eigenvalue weighted by Crippen LogP contribution is -2.27. The number of aryl methyl sites for hydroxylation is 3. The summed E-state index contributed by atoms with van der Waals surface area (Å²) >= 11 is 0. The van der Waals surface area contributed by atoms with Gasteiger partial charge in [0.15, 0.2) is 0 Å². The van der Waals surface area contributed by atoms with Gasteiger partial charge in [-0.3, -0.25) is 4.98 Å². The molecule has 0 radical (unpaired) electrons.